The molecule has 0 unspecified atom stereocenters. The van der Waals surface area contributed by atoms with E-state index in [-0.39, 0.29) is 0 Å². The van der Waals surface area contributed by atoms with Crippen LogP contribution >= 0.6 is 0 Å². The first-order chi connectivity index (χ1) is 12.5. The fourth-order valence-electron chi connectivity index (χ4n) is 7.87. The van der Waals surface area contributed by atoms with Crippen molar-refractivity contribution in [2.45, 2.75) is 104 Å². The molecule has 0 aromatic rings. The van der Waals surface area contributed by atoms with Gasteiger partial charge >= 0.3 is 0 Å². The largest absolute Gasteiger partial charge is 0.378 e. The zero-order valence-electron chi connectivity index (χ0n) is 17.9. The van der Waals surface area contributed by atoms with Crippen LogP contribution in [0.15, 0.2) is 11.6 Å². The Kier molecular flexibility index (Phi) is 5.32. The summed E-state index contributed by atoms with van der Waals surface area (Å²) in [6, 6.07) is 0. The first kappa shape index (κ1) is 19.0. The molecule has 4 rings (SSSR count). The van der Waals surface area contributed by atoms with E-state index in [1.165, 1.54) is 70.6 Å². The van der Waals surface area contributed by atoms with Crippen LogP contribution in [0.3, 0.4) is 0 Å². The molecule has 0 aromatic carbocycles. The number of hydrogen-bond acceptors (Lipinski definition) is 1. The molecule has 0 bridgehead atoms. The number of unbranched alkanes of at least 4 members (excludes halogenated alkanes) is 1. The molecule has 4 saturated carbocycles. The third kappa shape index (κ3) is 3.11. The zero-order chi connectivity index (χ0) is 18.4. The molecule has 0 spiro atoms. The van der Waals surface area contributed by atoms with E-state index in [1.807, 2.05) is 0 Å². The molecule has 0 saturated heterocycles. The van der Waals surface area contributed by atoms with Crippen LogP contribution in [0.1, 0.15) is 98.3 Å². The fourth-order valence-corrected chi connectivity index (χ4v) is 7.87. The Bertz CT molecular complexity index is 536. The van der Waals surface area contributed by atoms with Crippen LogP contribution in [0.25, 0.3) is 0 Å². The summed E-state index contributed by atoms with van der Waals surface area (Å²) in [5.41, 5.74) is 2.98. The van der Waals surface area contributed by atoms with Gasteiger partial charge < -0.3 is 4.74 Å². The molecule has 0 aliphatic heterocycles. The second kappa shape index (κ2) is 7.26. The lowest BCUT2D eigenvalue weighted by Crippen LogP contribution is -2.53. The summed E-state index contributed by atoms with van der Waals surface area (Å²) >= 11 is 0. The minimum absolute atomic E-state index is 0.561. The molecule has 4 aliphatic rings. The number of fused-ring (bicyclic) bond motifs is 5. The molecule has 1 nitrogen and oxygen atoms in total. The molecule has 0 radical (unpaired) electrons. The van der Waals surface area contributed by atoms with E-state index in [0.29, 0.717) is 16.9 Å². The molecule has 0 aromatic heterocycles. The molecular weight excluding hydrogens is 316 g/mol. The van der Waals surface area contributed by atoms with Gasteiger partial charge in [0.05, 0.1) is 6.10 Å². The number of ether oxygens (including phenoxy) is 1. The lowest BCUT2D eigenvalue weighted by Gasteiger charge is -2.60. The molecule has 148 valence electrons. The summed E-state index contributed by atoms with van der Waals surface area (Å²) in [7, 11) is 0. The predicted molar refractivity (Wildman–Crippen MR) is 110 cm³/mol. The van der Waals surface area contributed by atoms with Gasteiger partial charge in [0.15, 0.2) is 0 Å². The molecule has 4 aliphatic carbocycles. The maximum atomic E-state index is 6.26. The van der Waals surface area contributed by atoms with Crippen LogP contribution < -0.4 is 0 Å². The van der Waals surface area contributed by atoms with Crippen molar-refractivity contribution in [3.8, 4) is 0 Å². The quantitative estimate of drug-likeness (QED) is 0.382. The van der Waals surface area contributed by atoms with Crippen molar-refractivity contribution in [3.63, 3.8) is 0 Å². The van der Waals surface area contributed by atoms with Gasteiger partial charge in [-0.05, 0) is 106 Å². The zero-order valence-corrected chi connectivity index (χ0v) is 17.9. The standard InChI is InChI=1S/C25H42O/c1-5-7-14-26-20-10-13-25(4)19(16-20)8-9-21-22(25)11-12-24(3)17-18(6-2)15-23(21)24/h6,19-23H,5,7-17H2,1-4H3/t19-,20+,21+,22-,23-,24+,25-/m1/s1. The van der Waals surface area contributed by atoms with Crippen LogP contribution in [-0.2, 0) is 4.74 Å². The lowest BCUT2D eigenvalue weighted by atomic mass is 9.45. The first-order valence-corrected chi connectivity index (χ1v) is 11.8. The van der Waals surface area contributed by atoms with Crippen LogP contribution in [0, 0.1) is 34.5 Å². The molecule has 7 atom stereocenters. The second-order valence-corrected chi connectivity index (χ2v) is 10.8. The lowest BCUT2D eigenvalue weighted by molar-refractivity contribution is -0.129. The summed E-state index contributed by atoms with van der Waals surface area (Å²) in [5.74, 6) is 3.90. The smallest absolute Gasteiger partial charge is 0.0578 e. The minimum Gasteiger partial charge on any atom is -0.378 e. The number of rotatable bonds is 4. The van der Waals surface area contributed by atoms with Crippen molar-refractivity contribution in [3.05, 3.63) is 11.6 Å². The van der Waals surface area contributed by atoms with Gasteiger partial charge in [-0.1, -0.05) is 38.8 Å². The van der Waals surface area contributed by atoms with Gasteiger partial charge in [-0.25, -0.2) is 0 Å². The molecule has 0 heterocycles. The van der Waals surface area contributed by atoms with Crippen molar-refractivity contribution in [2.75, 3.05) is 6.61 Å². The minimum atomic E-state index is 0.561. The van der Waals surface area contributed by atoms with E-state index in [2.05, 4.69) is 33.8 Å². The van der Waals surface area contributed by atoms with E-state index in [9.17, 15) is 0 Å². The summed E-state index contributed by atoms with van der Waals surface area (Å²) < 4.78 is 6.26. The predicted octanol–water partition coefficient (Wildman–Crippen LogP) is 7.16. The van der Waals surface area contributed by atoms with Crippen LogP contribution in [-0.4, -0.2) is 12.7 Å². The monoisotopic (exact) mass is 358 g/mol. The molecule has 26 heavy (non-hydrogen) atoms. The van der Waals surface area contributed by atoms with Gasteiger partial charge in [0, 0.05) is 6.61 Å². The SMILES string of the molecule is CC=C1C[C@@H]2[C@H]3CC[C@@H]4C[C@@H](OCCCC)CC[C@@]4(C)[C@@H]3CC[C@@]2(C)C1. The Balaban J connectivity index is 1.47. The molecular formula is C25H42O. The molecule has 4 fully saturated rings. The third-order valence-electron chi connectivity index (χ3n) is 9.51. The Morgan fingerprint density at radius 1 is 1.08 bits per heavy atom. The Hall–Kier alpha value is -0.300. The van der Waals surface area contributed by atoms with Crippen molar-refractivity contribution in [1.82, 2.24) is 0 Å². The Morgan fingerprint density at radius 3 is 2.69 bits per heavy atom. The second-order valence-electron chi connectivity index (χ2n) is 10.8. The molecule has 0 amide bonds. The average Bonchev–Trinajstić information content (AvgIpc) is 2.99. The summed E-state index contributed by atoms with van der Waals surface area (Å²) in [6.07, 6.45) is 18.4. The van der Waals surface area contributed by atoms with Crippen molar-refractivity contribution < 1.29 is 4.74 Å². The van der Waals surface area contributed by atoms with E-state index in [1.54, 1.807) is 5.57 Å². The van der Waals surface area contributed by atoms with Gasteiger partial charge in [-0.3, -0.25) is 0 Å². The molecule has 0 N–H and O–H groups in total. The van der Waals surface area contributed by atoms with Crippen LogP contribution in [0.4, 0.5) is 0 Å². The van der Waals surface area contributed by atoms with Gasteiger partial charge in [-0.2, -0.15) is 0 Å². The van der Waals surface area contributed by atoms with Crippen molar-refractivity contribution >= 4 is 0 Å². The highest BCUT2D eigenvalue weighted by molar-refractivity contribution is 5.18. The third-order valence-corrected chi connectivity index (χ3v) is 9.51. The van der Waals surface area contributed by atoms with E-state index in [0.717, 1.165) is 30.3 Å². The van der Waals surface area contributed by atoms with E-state index in [4.69, 9.17) is 4.74 Å². The normalized spacial score (nSPS) is 49.5. The highest BCUT2D eigenvalue weighted by Crippen LogP contribution is 2.66. The Morgan fingerprint density at radius 2 is 1.92 bits per heavy atom. The summed E-state index contributed by atoms with van der Waals surface area (Å²) in [6.45, 7) is 10.8. The molecule has 1 heteroatoms. The topological polar surface area (TPSA) is 9.23 Å². The average molecular weight is 359 g/mol. The fraction of sp³-hybridized carbons (Fsp3) is 0.920. The van der Waals surface area contributed by atoms with Crippen molar-refractivity contribution in [2.24, 2.45) is 34.5 Å². The van der Waals surface area contributed by atoms with Crippen LogP contribution in [0.2, 0.25) is 0 Å². The Labute approximate surface area is 162 Å². The van der Waals surface area contributed by atoms with E-state index < -0.39 is 0 Å². The summed E-state index contributed by atoms with van der Waals surface area (Å²) in [4.78, 5) is 0. The van der Waals surface area contributed by atoms with Crippen LogP contribution in [0.5, 0.6) is 0 Å². The van der Waals surface area contributed by atoms with Gasteiger partial charge in [-0.15, -0.1) is 0 Å². The maximum Gasteiger partial charge on any atom is 0.0578 e. The van der Waals surface area contributed by atoms with Gasteiger partial charge in [0.2, 0.25) is 0 Å². The first-order valence-electron chi connectivity index (χ1n) is 11.8. The van der Waals surface area contributed by atoms with Crippen molar-refractivity contribution in [1.29, 1.82) is 0 Å². The van der Waals surface area contributed by atoms with Gasteiger partial charge in [0.1, 0.15) is 0 Å². The highest BCUT2D eigenvalue weighted by Gasteiger charge is 2.58. The van der Waals surface area contributed by atoms with E-state index >= 15 is 0 Å². The number of hydrogen-bond donors (Lipinski definition) is 0. The summed E-state index contributed by atoms with van der Waals surface area (Å²) in [5, 5.41) is 0. The highest BCUT2D eigenvalue weighted by atomic mass is 16.5. The number of allylic oxidation sites excluding steroid dienone is 2. The maximum absolute atomic E-state index is 6.26. The van der Waals surface area contributed by atoms with Gasteiger partial charge in [0.25, 0.3) is 0 Å².